The summed E-state index contributed by atoms with van der Waals surface area (Å²) < 4.78 is 1.98. The minimum atomic E-state index is 0.0497. The monoisotopic (exact) mass is 254 g/mol. The second kappa shape index (κ2) is 4.12. The number of fused-ring (bicyclic) bond motifs is 1. The molecule has 0 bridgehead atoms. The van der Waals surface area contributed by atoms with Crippen LogP contribution in [0, 0.1) is 0 Å². The summed E-state index contributed by atoms with van der Waals surface area (Å²) in [6, 6.07) is 8.37. The maximum Gasteiger partial charge on any atom is 0.326 e. The normalized spacial score (nSPS) is 23.1. The van der Waals surface area contributed by atoms with Gasteiger partial charge in [-0.05, 0) is 50.7 Å². The summed E-state index contributed by atoms with van der Waals surface area (Å²) in [6.07, 6.45) is 7.25. The van der Waals surface area contributed by atoms with Crippen LogP contribution < -0.4 is 5.69 Å². The first-order valence-corrected chi connectivity index (χ1v) is 7.22. The van der Waals surface area contributed by atoms with E-state index in [0.717, 1.165) is 23.9 Å². The topological polar surface area (TPSA) is 37.8 Å². The quantitative estimate of drug-likeness (QED) is 0.777. The van der Waals surface area contributed by atoms with Crippen molar-refractivity contribution < 1.29 is 0 Å². The molecule has 1 aromatic heterocycles. The molecule has 0 unspecified atom stereocenters. The van der Waals surface area contributed by atoms with Gasteiger partial charge in [0.2, 0.25) is 0 Å². The third-order valence-corrected chi connectivity index (χ3v) is 4.55. The van der Waals surface area contributed by atoms with Crippen LogP contribution in [0.5, 0.6) is 0 Å². The van der Waals surface area contributed by atoms with Gasteiger partial charge in [0.15, 0.2) is 0 Å². The van der Waals surface area contributed by atoms with Gasteiger partial charge in [-0.3, -0.25) is 4.57 Å². The Kier molecular flexibility index (Phi) is 2.40. The Morgan fingerprint density at radius 2 is 1.68 bits per heavy atom. The summed E-state index contributed by atoms with van der Waals surface area (Å²) in [4.78, 5) is 15.1. The van der Waals surface area contributed by atoms with Crippen LogP contribution in [-0.2, 0) is 0 Å². The minimum absolute atomic E-state index is 0.0497. The van der Waals surface area contributed by atoms with Crippen molar-refractivity contribution >= 4 is 11.0 Å². The average Bonchev–Trinajstić information content (AvgIpc) is 3.22. The van der Waals surface area contributed by atoms with Crippen molar-refractivity contribution in [2.24, 2.45) is 0 Å². The van der Waals surface area contributed by atoms with Gasteiger partial charge in [-0.1, -0.05) is 23.3 Å². The van der Waals surface area contributed by atoms with E-state index in [9.17, 15) is 4.79 Å². The third kappa shape index (κ3) is 1.84. The van der Waals surface area contributed by atoms with E-state index in [0.29, 0.717) is 6.04 Å². The predicted octanol–water partition coefficient (Wildman–Crippen LogP) is 3.54. The Hall–Kier alpha value is -1.77. The fourth-order valence-electron chi connectivity index (χ4n) is 3.42. The van der Waals surface area contributed by atoms with Crippen molar-refractivity contribution in [3.05, 3.63) is 45.9 Å². The van der Waals surface area contributed by atoms with Crippen molar-refractivity contribution in [2.75, 3.05) is 0 Å². The van der Waals surface area contributed by atoms with Crippen LogP contribution in [0.1, 0.15) is 44.6 Å². The second-order valence-electron chi connectivity index (χ2n) is 5.76. The van der Waals surface area contributed by atoms with E-state index >= 15 is 0 Å². The zero-order valence-electron chi connectivity index (χ0n) is 11.0. The molecule has 2 aromatic rings. The number of hydrogen-bond acceptors (Lipinski definition) is 1. The smallest absolute Gasteiger partial charge is 0.306 e. The number of imidazole rings is 1. The van der Waals surface area contributed by atoms with Crippen LogP contribution in [0.3, 0.4) is 0 Å². The van der Waals surface area contributed by atoms with E-state index in [1.165, 1.54) is 25.7 Å². The highest BCUT2D eigenvalue weighted by Gasteiger charge is 2.25. The molecular weight excluding hydrogens is 236 g/mol. The first kappa shape index (κ1) is 11.1. The lowest BCUT2D eigenvalue weighted by molar-refractivity contribution is 0.398. The molecule has 0 aliphatic heterocycles. The van der Waals surface area contributed by atoms with Gasteiger partial charge in [-0.25, -0.2) is 4.79 Å². The molecule has 0 radical (unpaired) electrons. The second-order valence-corrected chi connectivity index (χ2v) is 5.76. The van der Waals surface area contributed by atoms with Gasteiger partial charge in [-0.15, -0.1) is 0 Å². The average molecular weight is 254 g/mol. The van der Waals surface area contributed by atoms with Crippen LogP contribution in [0.2, 0.25) is 0 Å². The lowest BCUT2D eigenvalue weighted by Crippen LogP contribution is -2.24. The molecule has 0 spiro atoms. The Bertz CT molecular complexity index is 704. The lowest BCUT2D eigenvalue weighted by atomic mass is 9.90. The molecule has 0 saturated heterocycles. The van der Waals surface area contributed by atoms with Crippen molar-refractivity contribution in [3.8, 4) is 0 Å². The SMILES string of the molecule is O=c1[nH]c2ccccc2n1C1CCC(=C2CC2)CC1. The maximum atomic E-state index is 12.2. The number of rotatable bonds is 1. The summed E-state index contributed by atoms with van der Waals surface area (Å²) in [5.41, 5.74) is 5.45. The van der Waals surface area contributed by atoms with Gasteiger partial charge in [0.1, 0.15) is 0 Å². The molecule has 4 rings (SSSR count). The number of allylic oxidation sites excluding steroid dienone is 2. The molecule has 2 saturated carbocycles. The van der Waals surface area contributed by atoms with Gasteiger partial charge in [0.05, 0.1) is 11.0 Å². The van der Waals surface area contributed by atoms with Gasteiger partial charge < -0.3 is 4.98 Å². The summed E-state index contributed by atoms with van der Waals surface area (Å²) in [7, 11) is 0. The van der Waals surface area contributed by atoms with E-state index in [1.54, 1.807) is 11.1 Å². The number of nitrogens with zero attached hydrogens (tertiary/aromatic N) is 1. The molecule has 1 aromatic carbocycles. The van der Waals surface area contributed by atoms with Crippen molar-refractivity contribution in [1.29, 1.82) is 0 Å². The van der Waals surface area contributed by atoms with Gasteiger partial charge in [0.25, 0.3) is 0 Å². The van der Waals surface area contributed by atoms with Gasteiger partial charge in [0, 0.05) is 6.04 Å². The van der Waals surface area contributed by atoms with Crippen LogP contribution in [0.4, 0.5) is 0 Å². The van der Waals surface area contributed by atoms with Crippen LogP contribution in [0.15, 0.2) is 40.2 Å². The molecular formula is C16H18N2O. The van der Waals surface area contributed by atoms with Crippen LogP contribution in [0.25, 0.3) is 11.0 Å². The van der Waals surface area contributed by atoms with Crippen molar-refractivity contribution in [2.45, 2.75) is 44.6 Å². The summed E-state index contributed by atoms with van der Waals surface area (Å²) >= 11 is 0. The molecule has 2 fully saturated rings. The van der Waals surface area contributed by atoms with Crippen molar-refractivity contribution in [1.82, 2.24) is 9.55 Å². The highest BCUT2D eigenvalue weighted by molar-refractivity contribution is 5.75. The zero-order valence-corrected chi connectivity index (χ0v) is 11.0. The first-order valence-electron chi connectivity index (χ1n) is 7.22. The number of H-pyrrole nitrogens is 1. The lowest BCUT2D eigenvalue weighted by Gasteiger charge is -2.25. The van der Waals surface area contributed by atoms with E-state index in [2.05, 4.69) is 4.98 Å². The highest BCUT2D eigenvalue weighted by atomic mass is 16.1. The fraction of sp³-hybridized carbons (Fsp3) is 0.438. The Balaban J connectivity index is 1.69. The van der Waals surface area contributed by atoms with E-state index in [4.69, 9.17) is 0 Å². The maximum absolute atomic E-state index is 12.2. The van der Waals surface area contributed by atoms with E-state index < -0.39 is 0 Å². The fourth-order valence-corrected chi connectivity index (χ4v) is 3.42. The number of aromatic nitrogens is 2. The Labute approximate surface area is 111 Å². The summed E-state index contributed by atoms with van der Waals surface area (Å²) in [5, 5.41) is 0. The predicted molar refractivity (Wildman–Crippen MR) is 76.3 cm³/mol. The molecule has 0 amide bonds. The van der Waals surface area contributed by atoms with Gasteiger partial charge >= 0.3 is 5.69 Å². The molecule has 19 heavy (non-hydrogen) atoms. The molecule has 1 N–H and O–H groups in total. The first-order chi connectivity index (χ1) is 9.33. The van der Waals surface area contributed by atoms with E-state index in [-0.39, 0.29) is 5.69 Å². The minimum Gasteiger partial charge on any atom is -0.306 e. The third-order valence-electron chi connectivity index (χ3n) is 4.55. The molecule has 0 atom stereocenters. The Morgan fingerprint density at radius 3 is 2.42 bits per heavy atom. The number of benzene rings is 1. The van der Waals surface area contributed by atoms with Gasteiger partial charge in [-0.2, -0.15) is 0 Å². The van der Waals surface area contributed by atoms with Crippen LogP contribution >= 0.6 is 0 Å². The summed E-state index contributed by atoms with van der Waals surface area (Å²) in [5.74, 6) is 0. The van der Waals surface area contributed by atoms with Crippen molar-refractivity contribution in [3.63, 3.8) is 0 Å². The zero-order chi connectivity index (χ0) is 12.8. The number of hydrogen-bond donors (Lipinski definition) is 1. The summed E-state index contributed by atoms with van der Waals surface area (Å²) in [6.45, 7) is 0. The molecule has 98 valence electrons. The van der Waals surface area contributed by atoms with Crippen LogP contribution in [-0.4, -0.2) is 9.55 Å². The Morgan fingerprint density at radius 1 is 1.00 bits per heavy atom. The molecule has 3 heteroatoms. The largest absolute Gasteiger partial charge is 0.326 e. The molecule has 1 heterocycles. The highest BCUT2D eigenvalue weighted by Crippen LogP contribution is 2.41. The molecule has 2 aliphatic carbocycles. The van der Waals surface area contributed by atoms with E-state index in [1.807, 2.05) is 28.8 Å². The number of nitrogens with one attached hydrogen (secondary N) is 1. The molecule has 2 aliphatic rings. The number of aromatic amines is 1. The standard InChI is InChI=1S/C16H18N2O/c19-16-17-14-3-1-2-4-15(14)18(16)13-9-7-12(8-10-13)11-5-6-11/h1-4,13H,5-10H2,(H,17,19). The molecule has 3 nitrogen and oxygen atoms in total. The number of para-hydroxylation sites is 2.